The SMILES string of the molecule is COc1cccc(C(=O)N2CCN(C(C)c3nc(-c4cccc(C(F)(F)F)c4)no3)CC2)c1OC. The molecule has 1 amide bonds. The van der Waals surface area contributed by atoms with Crippen LogP contribution >= 0.6 is 0 Å². The Kier molecular flexibility index (Phi) is 6.97. The molecule has 0 N–H and O–H groups in total. The molecule has 2 aromatic carbocycles. The molecule has 0 radical (unpaired) electrons. The Balaban J connectivity index is 1.42. The van der Waals surface area contributed by atoms with Gasteiger partial charge in [0.05, 0.1) is 31.4 Å². The largest absolute Gasteiger partial charge is 0.493 e. The first-order valence-electron chi connectivity index (χ1n) is 11.0. The van der Waals surface area contributed by atoms with E-state index in [2.05, 4.69) is 15.0 Å². The Morgan fingerprint density at radius 3 is 2.43 bits per heavy atom. The summed E-state index contributed by atoms with van der Waals surface area (Å²) in [5.41, 5.74) is -0.122. The molecule has 0 spiro atoms. The molecule has 1 aliphatic heterocycles. The number of benzene rings is 2. The number of methoxy groups -OCH3 is 2. The van der Waals surface area contributed by atoms with Crippen LogP contribution in [0.5, 0.6) is 11.5 Å². The van der Waals surface area contributed by atoms with Gasteiger partial charge in [-0.25, -0.2) is 0 Å². The van der Waals surface area contributed by atoms with Gasteiger partial charge in [-0.15, -0.1) is 0 Å². The van der Waals surface area contributed by atoms with E-state index in [1.54, 1.807) is 23.1 Å². The van der Waals surface area contributed by atoms with E-state index in [-0.39, 0.29) is 23.3 Å². The van der Waals surface area contributed by atoms with Crippen molar-refractivity contribution in [2.45, 2.75) is 19.1 Å². The van der Waals surface area contributed by atoms with Crippen molar-refractivity contribution in [1.29, 1.82) is 0 Å². The van der Waals surface area contributed by atoms with Crippen molar-refractivity contribution >= 4 is 5.91 Å². The summed E-state index contributed by atoms with van der Waals surface area (Å²) in [6, 6.07) is 9.71. The van der Waals surface area contributed by atoms with Crippen molar-refractivity contribution in [2.75, 3.05) is 40.4 Å². The van der Waals surface area contributed by atoms with E-state index in [0.29, 0.717) is 49.1 Å². The number of carbonyl (C=O) groups is 1. The summed E-state index contributed by atoms with van der Waals surface area (Å²) in [5, 5.41) is 3.87. The van der Waals surface area contributed by atoms with Gasteiger partial charge >= 0.3 is 6.18 Å². The molecule has 0 saturated carbocycles. The molecule has 1 aliphatic rings. The summed E-state index contributed by atoms with van der Waals surface area (Å²) in [6.45, 7) is 3.93. The predicted molar refractivity (Wildman–Crippen MR) is 120 cm³/mol. The van der Waals surface area contributed by atoms with Gasteiger partial charge in [-0.05, 0) is 31.2 Å². The van der Waals surface area contributed by atoms with Gasteiger partial charge in [0.15, 0.2) is 11.5 Å². The Labute approximate surface area is 200 Å². The van der Waals surface area contributed by atoms with Crippen LogP contribution in [0.4, 0.5) is 13.2 Å². The first kappa shape index (κ1) is 24.5. The lowest BCUT2D eigenvalue weighted by Crippen LogP contribution is -2.49. The third kappa shape index (κ3) is 5.09. The van der Waals surface area contributed by atoms with E-state index in [9.17, 15) is 18.0 Å². The highest BCUT2D eigenvalue weighted by Gasteiger charge is 2.32. The van der Waals surface area contributed by atoms with Gasteiger partial charge in [0.25, 0.3) is 5.91 Å². The fourth-order valence-corrected chi connectivity index (χ4v) is 4.05. The maximum atomic E-state index is 13.1. The molecular formula is C24H25F3N4O4. The molecule has 4 rings (SSSR count). The molecule has 0 bridgehead atoms. The monoisotopic (exact) mass is 490 g/mol. The second-order valence-corrected chi connectivity index (χ2v) is 8.08. The number of nitrogens with zero attached hydrogens (tertiary/aromatic N) is 4. The van der Waals surface area contributed by atoms with Crippen molar-refractivity contribution in [3.8, 4) is 22.9 Å². The standard InChI is InChI=1S/C24H25F3N4O4/c1-15(22-28-21(29-35-22)16-6-4-7-17(14-16)24(25,26)27)30-10-12-31(13-11-30)23(32)18-8-5-9-19(33-2)20(18)34-3/h4-9,14-15H,10-13H2,1-3H3. The summed E-state index contributed by atoms with van der Waals surface area (Å²) in [5.74, 6) is 1.11. The smallest absolute Gasteiger partial charge is 0.416 e. The maximum Gasteiger partial charge on any atom is 0.416 e. The Hall–Kier alpha value is -3.60. The zero-order chi connectivity index (χ0) is 25.2. The number of rotatable bonds is 6. The number of amides is 1. The lowest BCUT2D eigenvalue weighted by atomic mass is 10.1. The van der Waals surface area contributed by atoms with Crippen molar-refractivity contribution in [2.24, 2.45) is 0 Å². The Morgan fingerprint density at radius 2 is 1.77 bits per heavy atom. The molecule has 3 aromatic rings. The minimum Gasteiger partial charge on any atom is -0.493 e. The summed E-state index contributed by atoms with van der Waals surface area (Å²) in [6.07, 6.45) is -4.46. The number of aromatic nitrogens is 2. The van der Waals surface area contributed by atoms with Crippen molar-refractivity contribution in [1.82, 2.24) is 19.9 Å². The van der Waals surface area contributed by atoms with Crippen LogP contribution in [0.3, 0.4) is 0 Å². The fourth-order valence-electron chi connectivity index (χ4n) is 4.05. The van der Waals surface area contributed by atoms with E-state index >= 15 is 0 Å². The van der Waals surface area contributed by atoms with E-state index in [4.69, 9.17) is 14.0 Å². The summed E-state index contributed by atoms with van der Waals surface area (Å²) in [4.78, 5) is 21.2. The van der Waals surface area contributed by atoms with Gasteiger partial charge < -0.3 is 18.9 Å². The molecular weight excluding hydrogens is 465 g/mol. The zero-order valence-electron chi connectivity index (χ0n) is 19.5. The van der Waals surface area contributed by atoms with Crippen LogP contribution in [0.15, 0.2) is 47.0 Å². The normalized spacial score (nSPS) is 15.7. The first-order valence-corrected chi connectivity index (χ1v) is 11.0. The van der Waals surface area contributed by atoms with Gasteiger partial charge in [-0.1, -0.05) is 23.4 Å². The van der Waals surface area contributed by atoms with Crippen molar-refractivity contribution < 1.29 is 32.0 Å². The average molecular weight is 490 g/mol. The summed E-state index contributed by atoms with van der Waals surface area (Å²) < 4.78 is 55.1. The molecule has 0 aliphatic carbocycles. The summed E-state index contributed by atoms with van der Waals surface area (Å²) >= 11 is 0. The number of halogens is 3. The Bertz CT molecular complexity index is 1190. The third-order valence-corrected chi connectivity index (χ3v) is 6.03. The molecule has 1 saturated heterocycles. The Morgan fingerprint density at radius 1 is 1.06 bits per heavy atom. The van der Waals surface area contributed by atoms with Crippen LogP contribution in [-0.2, 0) is 6.18 Å². The molecule has 8 nitrogen and oxygen atoms in total. The highest BCUT2D eigenvalue weighted by Crippen LogP contribution is 2.33. The molecule has 1 fully saturated rings. The van der Waals surface area contributed by atoms with E-state index < -0.39 is 11.7 Å². The molecule has 11 heteroatoms. The molecule has 1 atom stereocenters. The molecule has 1 aromatic heterocycles. The predicted octanol–water partition coefficient (Wildman–Crippen LogP) is 4.29. The van der Waals surface area contributed by atoms with Gasteiger partial charge in [0.2, 0.25) is 11.7 Å². The molecule has 1 unspecified atom stereocenters. The number of piperazine rings is 1. The molecule has 2 heterocycles. The van der Waals surface area contributed by atoms with E-state index in [1.165, 1.54) is 26.4 Å². The highest BCUT2D eigenvalue weighted by molar-refractivity contribution is 5.98. The fraction of sp³-hybridized carbons (Fsp3) is 0.375. The maximum absolute atomic E-state index is 13.1. The number of para-hydroxylation sites is 1. The van der Waals surface area contributed by atoms with Crippen LogP contribution in [0, 0.1) is 0 Å². The van der Waals surface area contributed by atoms with Gasteiger partial charge in [0.1, 0.15) is 0 Å². The topological polar surface area (TPSA) is 80.9 Å². The van der Waals surface area contributed by atoms with Crippen LogP contribution < -0.4 is 9.47 Å². The quantitative estimate of drug-likeness (QED) is 0.510. The molecule has 186 valence electrons. The summed E-state index contributed by atoms with van der Waals surface area (Å²) in [7, 11) is 3.01. The highest BCUT2D eigenvalue weighted by atomic mass is 19.4. The van der Waals surface area contributed by atoms with Gasteiger partial charge in [-0.3, -0.25) is 9.69 Å². The lowest BCUT2D eigenvalue weighted by molar-refractivity contribution is -0.137. The van der Waals surface area contributed by atoms with Crippen LogP contribution in [0.25, 0.3) is 11.4 Å². The second kappa shape index (κ2) is 9.95. The number of hydrogen-bond acceptors (Lipinski definition) is 7. The first-order chi connectivity index (χ1) is 16.7. The second-order valence-electron chi connectivity index (χ2n) is 8.08. The third-order valence-electron chi connectivity index (χ3n) is 6.03. The van der Waals surface area contributed by atoms with E-state index in [1.807, 2.05) is 6.92 Å². The van der Waals surface area contributed by atoms with Crippen molar-refractivity contribution in [3.05, 3.63) is 59.5 Å². The molecule has 35 heavy (non-hydrogen) atoms. The number of hydrogen-bond donors (Lipinski definition) is 0. The van der Waals surface area contributed by atoms with Crippen molar-refractivity contribution in [3.63, 3.8) is 0 Å². The van der Waals surface area contributed by atoms with Crippen LogP contribution in [0.1, 0.15) is 34.8 Å². The lowest BCUT2D eigenvalue weighted by Gasteiger charge is -2.37. The van der Waals surface area contributed by atoms with E-state index in [0.717, 1.165) is 12.1 Å². The number of ether oxygens (including phenoxy) is 2. The van der Waals surface area contributed by atoms with Gasteiger partial charge in [0, 0.05) is 31.7 Å². The van der Waals surface area contributed by atoms with Crippen LogP contribution in [0.2, 0.25) is 0 Å². The minimum atomic E-state index is -4.46. The minimum absolute atomic E-state index is 0.0943. The van der Waals surface area contributed by atoms with Crippen LogP contribution in [-0.4, -0.2) is 66.2 Å². The number of alkyl halides is 3. The average Bonchev–Trinajstić information content (AvgIpc) is 3.37. The number of carbonyl (C=O) groups excluding carboxylic acids is 1. The van der Waals surface area contributed by atoms with Gasteiger partial charge in [-0.2, -0.15) is 18.2 Å². The zero-order valence-corrected chi connectivity index (χ0v) is 19.5.